The first-order valence-electron chi connectivity index (χ1n) is 4.77. The quantitative estimate of drug-likeness (QED) is 0.632. The van der Waals surface area contributed by atoms with Crippen LogP contribution in [0.4, 0.5) is 4.79 Å². The van der Waals surface area contributed by atoms with Gasteiger partial charge in [0.2, 0.25) is 0 Å². The minimum absolute atomic E-state index is 0.137. The van der Waals surface area contributed by atoms with Crippen LogP contribution in [0.2, 0.25) is 0 Å². The van der Waals surface area contributed by atoms with E-state index in [2.05, 4.69) is 0 Å². The van der Waals surface area contributed by atoms with E-state index in [4.69, 9.17) is 10.2 Å². The Morgan fingerprint density at radius 2 is 1.87 bits per heavy atom. The van der Waals surface area contributed by atoms with Crippen molar-refractivity contribution in [3.8, 4) is 0 Å². The average molecular weight is 217 g/mol. The maximum atomic E-state index is 11.1. The molecular weight excluding hydrogens is 202 g/mol. The highest BCUT2D eigenvalue weighted by molar-refractivity contribution is 5.85. The second-order valence-corrected chi connectivity index (χ2v) is 4.03. The Bertz CT molecular complexity index is 301. The summed E-state index contributed by atoms with van der Waals surface area (Å²) in [5.74, 6) is -1.20. The highest BCUT2D eigenvalue weighted by Gasteiger charge is 2.58. The predicted octanol–water partition coefficient (Wildman–Crippen LogP) is 0.702. The van der Waals surface area contributed by atoms with Gasteiger partial charge in [0, 0.05) is 0 Å². The molecule has 1 fully saturated rings. The van der Waals surface area contributed by atoms with Crippen molar-refractivity contribution in [2.45, 2.75) is 44.4 Å². The van der Waals surface area contributed by atoms with Crippen LogP contribution >= 0.6 is 0 Å². The lowest BCUT2D eigenvalue weighted by Crippen LogP contribution is -2.59. The van der Waals surface area contributed by atoms with Crippen molar-refractivity contribution in [2.75, 3.05) is 0 Å². The van der Waals surface area contributed by atoms with E-state index in [0.29, 0.717) is 4.90 Å². The van der Waals surface area contributed by atoms with Gasteiger partial charge >= 0.3 is 12.1 Å². The van der Waals surface area contributed by atoms with E-state index in [1.165, 1.54) is 6.92 Å². The summed E-state index contributed by atoms with van der Waals surface area (Å²) in [5, 5.41) is 27.9. The van der Waals surface area contributed by atoms with Gasteiger partial charge in [0.25, 0.3) is 0 Å². The number of carbonyl (C=O) groups is 2. The summed E-state index contributed by atoms with van der Waals surface area (Å²) in [6.45, 7) is 2.92. The molecule has 86 valence electrons. The van der Waals surface area contributed by atoms with E-state index in [9.17, 15) is 14.7 Å². The first-order chi connectivity index (χ1) is 6.78. The molecule has 1 rings (SSSR count). The number of aliphatic hydroxyl groups is 1. The third kappa shape index (κ3) is 1.54. The fourth-order valence-electron chi connectivity index (χ4n) is 2.21. The Balaban J connectivity index is 3.20. The third-order valence-electron chi connectivity index (χ3n) is 3.10. The number of rotatable bonds is 2. The van der Waals surface area contributed by atoms with Crippen molar-refractivity contribution in [3.63, 3.8) is 0 Å². The number of nitrogens with zero attached hydrogens (tertiary/aromatic N) is 1. The number of hydrogen-bond acceptors (Lipinski definition) is 3. The van der Waals surface area contributed by atoms with Crippen molar-refractivity contribution >= 4 is 12.1 Å². The van der Waals surface area contributed by atoms with Crippen LogP contribution in [0.15, 0.2) is 0 Å². The van der Waals surface area contributed by atoms with Crippen LogP contribution in [0.3, 0.4) is 0 Å². The van der Waals surface area contributed by atoms with E-state index in [0.717, 1.165) is 0 Å². The Morgan fingerprint density at radius 3 is 2.13 bits per heavy atom. The summed E-state index contributed by atoms with van der Waals surface area (Å²) >= 11 is 0. The summed E-state index contributed by atoms with van der Waals surface area (Å²) in [5.41, 5.74) is -3.09. The number of likely N-dealkylation sites (tertiary alicyclic amines) is 1. The third-order valence-corrected chi connectivity index (χ3v) is 3.10. The van der Waals surface area contributed by atoms with Crippen LogP contribution in [0.1, 0.15) is 33.1 Å². The van der Waals surface area contributed by atoms with Gasteiger partial charge in [-0.25, -0.2) is 9.59 Å². The van der Waals surface area contributed by atoms with Gasteiger partial charge in [0.15, 0.2) is 0 Å². The molecule has 0 saturated carbocycles. The minimum Gasteiger partial charge on any atom is -0.479 e. The lowest BCUT2D eigenvalue weighted by atomic mass is 9.93. The van der Waals surface area contributed by atoms with Gasteiger partial charge < -0.3 is 15.3 Å². The number of carboxylic acids is 1. The molecule has 3 N–H and O–H groups in total. The van der Waals surface area contributed by atoms with Gasteiger partial charge in [-0.3, -0.25) is 4.90 Å². The zero-order valence-electron chi connectivity index (χ0n) is 8.73. The Labute approximate surface area is 87.1 Å². The maximum absolute atomic E-state index is 11.1. The molecule has 6 heteroatoms. The van der Waals surface area contributed by atoms with Gasteiger partial charge in [-0.2, -0.15) is 0 Å². The molecule has 1 heterocycles. The van der Waals surface area contributed by atoms with Crippen LogP contribution < -0.4 is 0 Å². The lowest BCUT2D eigenvalue weighted by Gasteiger charge is -2.37. The largest absolute Gasteiger partial charge is 0.479 e. The molecule has 0 aliphatic carbocycles. The smallest absolute Gasteiger partial charge is 0.410 e. The highest BCUT2D eigenvalue weighted by atomic mass is 16.4. The summed E-state index contributed by atoms with van der Waals surface area (Å²) in [4.78, 5) is 22.8. The maximum Gasteiger partial charge on any atom is 0.410 e. The van der Waals surface area contributed by atoms with Crippen molar-refractivity contribution in [1.82, 2.24) is 4.90 Å². The van der Waals surface area contributed by atoms with Crippen molar-refractivity contribution in [2.24, 2.45) is 0 Å². The number of amides is 1. The minimum atomic E-state index is -1.60. The molecule has 2 unspecified atom stereocenters. The normalized spacial score (nSPS) is 35.5. The van der Waals surface area contributed by atoms with E-state index in [1.807, 2.05) is 0 Å². The number of hydrogen-bond donors (Lipinski definition) is 3. The fourth-order valence-corrected chi connectivity index (χ4v) is 2.21. The molecule has 0 aromatic carbocycles. The van der Waals surface area contributed by atoms with Crippen LogP contribution in [0.5, 0.6) is 0 Å². The number of aliphatic carboxylic acids is 1. The van der Waals surface area contributed by atoms with Crippen LogP contribution in [-0.2, 0) is 4.79 Å². The predicted molar refractivity (Wildman–Crippen MR) is 50.4 cm³/mol. The van der Waals surface area contributed by atoms with E-state index >= 15 is 0 Å². The van der Waals surface area contributed by atoms with E-state index in [-0.39, 0.29) is 19.3 Å². The van der Waals surface area contributed by atoms with Gasteiger partial charge in [-0.1, -0.05) is 6.92 Å². The highest BCUT2D eigenvalue weighted by Crippen LogP contribution is 2.41. The molecule has 0 aromatic heterocycles. The monoisotopic (exact) mass is 217 g/mol. The average Bonchev–Trinajstić information content (AvgIpc) is 2.37. The van der Waals surface area contributed by atoms with Crippen molar-refractivity contribution in [1.29, 1.82) is 0 Å². The summed E-state index contributed by atoms with van der Waals surface area (Å²) in [7, 11) is 0. The van der Waals surface area contributed by atoms with Crippen molar-refractivity contribution in [3.05, 3.63) is 0 Å². The Kier molecular flexibility index (Phi) is 2.65. The molecular formula is C9H15NO5. The molecule has 2 atom stereocenters. The molecule has 15 heavy (non-hydrogen) atoms. The molecule has 0 radical (unpaired) electrons. The van der Waals surface area contributed by atoms with E-state index in [1.54, 1.807) is 6.92 Å². The van der Waals surface area contributed by atoms with Crippen LogP contribution in [-0.4, -0.2) is 43.5 Å². The first kappa shape index (κ1) is 11.8. The standard InChI is InChI=1S/C9H15NO5/c1-3-9(6(11)12)5-4-8(2,15)10(9)7(13)14/h15H,3-5H2,1-2H3,(H,11,12)(H,13,14). The van der Waals surface area contributed by atoms with Gasteiger partial charge in [0.05, 0.1) is 0 Å². The van der Waals surface area contributed by atoms with Gasteiger partial charge in [-0.05, 0) is 26.2 Å². The Morgan fingerprint density at radius 1 is 1.33 bits per heavy atom. The van der Waals surface area contributed by atoms with E-state index < -0.39 is 23.3 Å². The fraction of sp³-hybridized carbons (Fsp3) is 0.778. The molecule has 0 aromatic rings. The van der Waals surface area contributed by atoms with Crippen LogP contribution in [0.25, 0.3) is 0 Å². The lowest BCUT2D eigenvalue weighted by molar-refractivity contribution is -0.158. The first-order valence-corrected chi connectivity index (χ1v) is 4.77. The van der Waals surface area contributed by atoms with Crippen LogP contribution in [0, 0.1) is 0 Å². The molecule has 6 nitrogen and oxygen atoms in total. The second kappa shape index (κ2) is 3.37. The SMILES string of the molecule is CCC1(C(=O)O)CCC(C)(O)N1C(=O)O. The molecule has 0 spiro atoms. The molecule has 1 aliphatic heterocycles. The summed E-state index contributed by atoms with van der Waals surface area (Å²) in [6, 6.07) is 0. The zero-order chi connectivity index (χ0) is 11.9. The molecule has 1 amide bonds. The van der Waals surface area contributed by atoms with Gasteiger partial charge in [0.1, 0.15) is 11.3 Å². The zero-order valence-corrected chi connectivity index (χ0v) is 8.73. The molecule has 1 saturated heterocycles. The second-order valence-electron chi connectivity index (χ2n) is 4.03. The van der Waals surface area contributed by atoms with Crippen molar-refractivity contribution < 1.29 is 24.9 Å². The molecule has 0 bridgehead atoms. The summed E-state index contributed by atoms with van der Waals surface area (Å²) in [6.07, 6.45) is -0.982. The Hall–Kier alpha value is -1.30. The molecule has 1 aliphatic rings. The number of carboxylic acid groups (broad SMARTS) is 2. The summed E-state index contributed by atoms with van der Waals surface area (Å²) < 4.78 is 0. The van der Waals surface area contributed by atoms with Gasteiger partial charge in [-0.15, -0.1) is 0 Å². The topological polar surface area (TPSA) is 98.1 Å².